The summed E-state index contributed by atoms with van der Waals surface area (Å²) in [5, 5.41) is 22.4. The average Bonchev–Trinajstić information content (AvgIpc) is 2.85. The Morgan fingerprint density at radius 1 is 1.09 bits per heavy atom. The molecule has 4 rings (SSSR count). The van der Waals surface area contributed by atoms with Gasteiger partial charge in [-0.05, 0) is 53.9 Å². The number of alkyl halides is 3. The van der Waals surface area contributed by atoms with Crippen molar-refractivity contribution in [1.82, 2.24) is 14.3 Å². The van der Waals surface area contributed by atoms with Crippen LogP contribution in [0.25, 0.3) is 11.1 Å². The zero-order valence-corrected chi connectivity index (χ0v) is 19.0. The maximum atomic E-state index is 13.1. The van der Waals surface area contributed by atoms with Crippen LogP contribution in [0.4, 0.5) is 19.0 Å². The Morgan fingerprint density at radius 2 is 1.83 bits per heavy atom. The largest absolute Gasteiger partial charge is 0.417 e. The van der Waals surface area contributed by atoms with Crippen molar-refractivity contribution >= 4 is 15.8 Å². The number of nitriles is 1. The predicted octanol–water partition coefficient (Wildman–Crippen LogP) is 3.27. The van der Waals surface area contributed by atoms with E-state index >= 15 is 0 Å². The topological polar surface area (TPSA) is 119 Å². The van der Waals surface area contributed by atoms with Gasteiger partial charge in [0.25, 0.3) is 0 Å². The molecule has 0 amide bonds. The summed E-state index contributed by atoms with van der Waals surface area (Å²) >= 11 is 0. The molecule has 0 bridgehead atoms. The van der Waals surface area contributed by atoms with E-state index < -0.39 is 33.9 Å². The van der Waals surface area contributed by atoms with Crippen LogP contribution in [-0.4, -0.2) is 53.0 Å². The van der Waals surface area contributed by atoms with Crippen LogP contribution in [0, 0.1) is 11.3 Å². The molecule has 1 aliphatic rings. The van der Waals surface area contributed by atoms with Gasteiger partial charge < -0.3 is 10.4 Å². The fraction of sp³-hybridized carbons (Fsp3) is 0.261. The van der Waals surface area contributed by atoms with Gasteiger partial charge in [-0.1, -0.05) is 12.1 Å². The number of β-amino-alcohol motifs (C(OH)–C–C–N with tert-alkyl or cyclic N) is 1. The van der Waals surface area contributed by atoms with Gasteiger partial charge in [0.05, 0.1) is 22.6 Å². The number of aromatic nitrogens is 2. The molecule has 12 heteroatoms. The number of sulfonamides is 1. The molecule has 3 aromatic rings. The van der Waals surface area contributed by atoms with Gasteiger partial charge in [-0.15, -0.1) is 0 Å². The summed E-state index contributed by atoms with van der Waals surface area (Å²) in [5.41, 5.74) is 0.802. The molecule has 2 atom stereocenters. The van der Waals surface area contributed by atoms with Gasteiger partial charge in [0, 0.05) is 25.5 Å². The lowest BCUT2D eigenvalue weighted by molar-refractivity contribution is -0.137. The lowest BCUT2D eigenvalue weighted by Gasteiger charge is -2.35. The second-order valence-electron chi connectivity index (χ2n) is 7.97. The Balaban J connectivity index is 1.42. The minimum atomic E-state index is -4.50. The highest BCUT2D eigenvalue weighted by Gasteiger charge is 2.35. The van der Waals surface area contributed by atoms with Gasteiger partial charge in [0.15, 0.2) is 0 Å². The summed E-state index contributed by atoms with van der Waals surface area (Å²) < 4.78 is 65.5. The van der Waals surface area contributed by atoms with Crippen LogP contribution in [0.15, 0.2) is 65.8 Å². The highest BCUT2D eigenvalue weighted by Crippen LogP contribution is 2.30. The van der Waals surface area contributed by atoms with E-state index in [1.807, 2.05) is 6.07 Å². The van der Waals surface area contributed by atoms with Crippen LogP contribution < -0.4 is 5.32 Å². The maximum Gasteiger partial charge on any atom is 0.417 e. The van der Waals surface area contributed by atoms with E-state index in [2.05, 4.69) is 15.3 Å². The van der Waals surface area contributed by atoms with Crippen LogP contribution in [0.3, 0.4) is 0 Å². The predicted molar refractivity (Wildman–Crippen MR) is 120 cm³/mol. The Bertz CT molecular complexity index is 1340. The monoisotopic (exact) mass is 503 g/mol. The van der Waals surface area contributed by atoms with Crippen LogP contribution in [0.1, 0.15) is 17.7 Å². The molecule has 1 aliphatic heterocycles. The minimum absolute atomic E-state index is 0.0545. The second-order valence-corrected chi connectivity index (χ2v) is 9.90. The first-order valence-corrected chi connectivity index (χ1v) is 12.0. The van der Waals surface area contributed by atoms with Crippen LogP contribution >= 0.6 is 0 Å². The Kier molecular flexibility index (Phi) is 6.75. The molecule has 1 saturated heterocycles. The fourth-order valence-corrected chi connectivity index (χ4v) is 5.24. The van der Waals surface area contributed by atoms with Gasteiger partial charge >= 0.3 is 6.18 Å². The molecular weight excluding hydrogens is 483 g/mol. The number of nitrogens with one attached hydrogen (secondary N) is 1. The van der Waals surface area contributed by atoms with Crippen molar-refractivity contribution in [2.75, 3.05) is 18.4 Å². The quantitative estimate of drug-likeness (QED) is 0.549. The fourth-order valence-electron chi connectivity index (χ4n) is 3.77. The van der Waals surface area contributed by atoms with E-state index in [1.54, 1.807) is 24.3 Å². The smallest absolute Gasteiger partial charge is 0.390 e. The Labute approximate surface area is 199 Å². The van der Waals surface area contributed by atoms with E-state index in [0.29, 0.717) is 6.20 Å². The standard InChI is InChI=1S/C23H20F3N5O3S/c24-23(25,26)17-3-6-22(29-13-17)30-20-8-10-31(14-21(20)32)35(33,34)19-4-1-15(2-5-19)16-7-9-28-18(11-16)12-27/h1-7,9,11,13,20-21,32H,8,10,14H2,(H,29,30)/t20-,21+/m1/s1. The highest BCUT2D eigenvalue weighted by molar-refractivity contribution is 7.89. The van der Waals surface area contributed by atoms with Crippen LogP contribution in [-0.2, 0) is 16.2 Å². The SMILES string of the molecule is N#Cc1cc(-c2ccc(S(=O)(=O)N3CC[C@@H](Nc4ccc(C(F)(F)F)cn4)[C@@H](O)C3)cc2)ccn1. The number of hydrogen-bond acceptors (Lipinski definition) is 7. The lowest BCUT2D eigenvalue weighted by atomic mass is 10.0. The third kappa shape index (κ3) is 5.43. The lowest BCUT2D eigenvalue weighted by Crippen LogP contribution is -2.51. The molecular formula is C23H20F3N5O3S. The second kappa shape index (κ2) is 9.61. The van der Waals surface area contributed by atoms with Crippen molar-refractivity contribution in [1.29, 1.82) is 5.26 Å². The van der Waals surface area contributed by atoms with Gasteiger partial charge in [0.1, 0.15) is 17.6 Å². The number of rotatable bonds is 5. The third-order valence-electron chi connectivity index (χ3n) is 5.67. The average molecular weight is 504 g/mol. The number of aliphatic hydroxyl groups is 1. The molecule has 2 N–H and O–H groups in total. The molecule has 0 unspecified atom stereocenters. The number of nitrogens with zero attached hydrogens (tertiary/aromatic N) is 4. The van der Waals surface area contributed by atoms with Crippen LogP contribution in [0.2, 0.25) is 0 Å². The molecule has 1 fully saturated rings. The molecule has 0 spiro atoms. The number of hydrogen-bond donors (Lipinski definition) is 2. The summed E-state index contributed by atoms with van der Waals surface area (Å²) in [6.07, 6.45) is -3.16. The highest BCUT2D eigenvalue weighted by atomic mass is 32.2. The number of piperidine rings is 1. The van der Waals surface area contributed by atoms with Crippen LogP contribution in [0.5, 0.6) is 0 Å². The Morgan fingerprint density at radius 3 is 2.43 bits per heavy atom. The molecule has 1 aromatic carbocycles. The van der Waals surface area contributed by atoms with Gasteiger partial charge in [-0.2, -0.15) is 22.7 Å². The maximum absolute atomic E-state index is 13.1. The van der Waals surface area contributed by atoms with Crippen molar-refractivity contribution < 1.29 is 26.7 Å². The molecule has 2 aromatic heterocycles. The number of halogens is 3. The van der Waals surface area contributed by atoms with Gasteiger partial charge in [-0.25, -0.2) is 18.4 Å². The first-order valence-electron chi connectivity index (χ1n) is 10.5. The minimum Gasteiger partial charge on any atom is -0.390 e. The van der Waals surface area contributed by atoms with Crippen molar-refractivity contribution in [2.45, 2.75) is 29.6 Å². The van der Waals surface area contributed by atoms with Gasteiger partial charge in [-0.3, -0.25) is 0 Å². The molecule has 8 nitrogen and oxygen atoms in total. The summed E-state index contributed by atoms with van der Waals surface area (Å²) in [6.45, 7) is -0.0758. The molecule has 0 saturated carbocycles. The normalized spacial score (nSPS) is 19.2. The van der Waals surface area contributed by atoms with E-state index in [4.69, 9.17) is 5.26 Å². The van der Waals surface area contributed by atoms with E-state index in [0.717, 1.165) is 17.2 Å². The summed E-state index contributed by atoms with van der Waals surface area (Å²) in [7, 11) is -3.88. The number of benzene rings is 1. The van der Waals surface area contributed by atoms with Crippen molar-refractivity contribution in [3.05, 3.63) is 72.2 Å². The van der Waals surface area contributed by atoms with E-state index in [9.17, 15) is 26.7 Å². The molecule has 35 heavy (non-hydrogen) atoms. The first kappa shape index (κ1) is 24.6. The number of aliphatic hydroxyl groups excluding tert-OH is 1. The third-order valence-corrected chi connectivity index (χ3v) is 7.55. The van der Waals surface area contributed by atoms with Crippen molar-refractivity contribution in [3.8, 4) is 17.2 Å². The zero-order valence-electron chi connectivity index (χ0n) is 18.1. The van der Waals surface area contributed by atoms with E-state index in [1.165, 1.54) is 28.7 Å². The summed E-state index contributed by atoms with van der Waals surface area (Å²) in [5.74, 6) is 0.157. The molecule has 0 radical (unpaired) electrons. The zero-order chi connectivity index (χ0) is 25.2. The molecule has 3 heterocycles. The number of anilines is 1. The van der Waals surface area contributed by atoms with Gasteiger partial charge in [0.2, 0.25) is 10.0 Å². The Hall–Kier alpha value is -3.53. The molecule has 0 aliphatic carbocycles. The summed E-state index contributed by atoms with van der Waals surface area (Å²) in [4.78, 5) is 7.70. The summed E-state index contributed by atoms with van der Waals surface area (Å²) in [6, 6.07) is 12.9. The van der Waals surface area contributed by atoms with Crippen molar-refractivity contribution in [2.24, 2.45) is 0 Å². The number of pyridine rings is 2. The van der Waals surface area contributed by atoms with Crippen molar-refractivity contribution in [3.63, 3.8) is 0 Å². The van der Waals surface area contributed by atoms with E-state index in [-0.39, 0.29) is 35.9 Å². The molecule has 182 valence electrons. The first-order chi connectivity index (χ1) is 16.6.